The number of anilines is 1. The molecule has 0 saturated carbocycles. The highest BCUT2D eigenvalue weighted by Crippen LogP contribution is 2.18. The summed E-state index contributed by atoms with van der Waals surface area (Å²) in [7, 11) is 1.90. The fraction of sp³-hybridized carbons (Fsp3) is 0.167. The van der Waals surface area contributed by atoms with Crippen LogP contribution in [0.4, 0.5) is 5.69 Å². The lowest BCUT2D eigenvalue weighted by atomic mass is 10.2. The summed E-state index contributed by atoms with van der Waals surface area (Å²) in [6, 6.07) is 19.6. The van der Waals surface area contributed by atoms with E-state index in [4.69, 9.17) is 4.42 Å². The molecule has 112 valence electrons. The first kappa shape index (κ1) is 14.2. The van der Waals surface area contributed by atoms with Gasteiger partial charge >= 0.3 is 0 Å². The van der Waals surface area contributed by atoms with Gasteiger partial charge in [-0.2, -0.15) is 0 Å². The number of amides is 1. The van der Waals surface area contributed by atoms with Crippen molar-refractivity contribution in [1.29, 1.82) is 0 Å². The van der Waals surface area contributed by atoms with Crippen LogP contribution in [0, 0.1) is 0 Å². The molecule has 4 heteroatoms. The van der Waals surface area contributed by atoms with Crippen molar-refractivity contribution in [3.05, 3.63) is 66.4 Å². The predicted molar refractivity (Wildman–Crippen MR) is 87.8 cm³/mol. The van der Waals surface area contributed by atoms with Crippen molar-refractivity contribution < 1.29 is 9.21 Å². The zero-order valence-corrected chi connectivity index (χ0v) is 12.5. The first-order chi connectivity index (χ1) is 10.7. The largest absolute Gasteiger partial charge is 0.459 e. The maximum Gasteiger partial charge on any atom is 0.239 e. The van der Waals surface area contributed by atoms with Crippen LogP contribution in [0.2, 0.25) is 0 Å². The van der Waals surface area contributed by atoms with E-state index in [2.05, 4.69) is 5.32 Å². The number of para-hydroxylation sites is 2. The van der Waals surface area contributed by atoms with Crippen molar-refractivity contribution in [2.45, 2.75) is 6.54 Å². The molecule has 0 radical (unpaired) electrons. The maximum absolute atomic E-state index is 12.0. The highest BCUT2D eigenvalue weighted by Gasteiger charge is 2.08. The molecule has 0 fully saturated rings. The average Bonchev–Trinajstić information content (AvgIpc) is 2.96. The summed E-state index contributed by atoms with van der Waals surface area (Å²) < 4.78 is 5.68. The Hall–Kier alpha value is -2.75. The Morgan fingerprint density at radius 2 is 1.82 bits per heavy atom. The number of likely N-dealkylation sites (N-methyl/N-ethyl adjacent to an activating group) is 1. The number of hydrogen-bond acceptors (Lipinski definition) is 3. The van der Waals surface area contributed by atoms with Crippen molar-refractivity contribution in [3.8, 4) is 0 Å². The summed E-state index contributed by atoms with van der Waals surface area (Å²) in [5, 5.41) is 3.94. The van der Waals surface area contributed by atoms with Crippen molar-refractivity contribution in [2.24, 2.45) is 0 Å². The molecule has 1 amide bonds. The SMILES string of the molecule is CN(CC(=O)NCc1cc2ccccc2o1)c1ccccc1. The molecule has 0 spiro atoms. The molecule has 3 rings (SSSR count). The molecule has 0 unspecified atom stereocenters. The molecule has 2 aromatic carbocycles. The summed E-state index contributed by atoms with van der Waals surface area (Å²) in [4.78, 5) is 13.9. The second kappa shape index (κ2) is 6.35. The topological polar surface area (TPSA) is 45.5 Å². The zero-order chi connectivity index (χ0) is 15.4. The van der Waals surface area contributed by atoms with E-state index in [1.165, 1.54) is 0 Å². The number of fused-ring (bicyclic) bond motifs is 1. The Bertz CT molecular complexity index is 732. The van der Waals surface area contributed by atoms with Gasteiger partial charge in [-0.1, -0.05) is 36.4 Å². The first-order valence-electron chi connectivity index (χ1n) is 7.23. The minimum atomic E-state index is -0.0354. The Labute approximate surface area is 129 Å². The van der Waals surface area contributed by atoms with Crippen molar-refractivity contribution >= 4 is 22.6 Å². The molecule has 0 atom stereocenters. The Morgan fingerprint density at radius 3 is 2.59 bits per heavy atom. The second-order valence-electron chi connectivity index (χ2n) is 5.22. The molecular weight excluding hydrogens is 276 g/mol. The third-order valence-electron chi connectivity index (χ3n) is 3.51. The van der Waals surface area contributed by atoms with Gasteiger partial charge in [0.2, 0.25) is 5.91 Å². The lowest BCUT2D eigenvalue weighted by Gasteiger charge is -2.18. The molecule has 0 aliphatic rings. The smallest absolute Gasteiger partial charge is 0.239 e. The van der Waals surface area contributed by atoms with Gasteiger partial charge in [-0.05, 0) is 24.3 Å². The minimum absolute atomic E-state index is 0.0354. The molecule has 0 bridgehead atoms. The number of carbonyl (C=O) groups is 1. The number of rotatable bonds is 5. The summed E-state index contributed by atoms with van der Waals surface area (Å²) in [6.45, 7) is 0.709. The van der Waals surface area contributed by atoms with Gasteiger partial charge in [0.25, 0.3) is 0 Å². The van der Waals surface area contributed by atoms with E-state index in [0.29, 0.717) is 13.1 Å². The third-order valence-corrected chi connectivity index (χ3v) is 3.51. The molecular formula is C18H18N2O2. The van der Waals surface area contributed by atoms with E-state index in [1.54, 1.807) is 0 Å². The number of furan rings is 1. The molecule has 1 aromatic heterocycles. The summed E-state index contributed by atoms with van der Waals surface area (Å²) in [6.07, 6.45) is 0. The van der Waals surface area contributed by atoms with E-state index < -0.39 is 0 Å². The van der Waals surface area contributed by atoms with Crippen LogP contribution in [0.5, 0.6) is 0 Å². The van der Waals surface area contributed by atoms with Crippen molar-refractivity contribution in [1.82, 2.24) is 5.32 Å². The number of nitrogens with one attached hydrogen (secondary N) is 1. The van der Waals surface area contributed by atoms with Gasteiger partial charge < -0.3 is 14.6 Å². The normalized spacial score (nSPS) is 10.6. The van der Waals surface area contributed by atoms with Crippen LogP contribution >= 0.6 is 0 Å². The van der Waals surface area contributed by atoms with Gasteiger partial charge in [-0.3, -0.25) is 4.79 Å². The minimum Gasteiger partial charge on any atom is -0.459 e. The number of carbonyl (C=O) groups excluding carboxylic acids is 1. The van der Waals surface area contributed by atoms with Crippen molar-refractivity contribution in [3.63, 3.8) is 0 Å². The number of hydrogen-bond donors (Lipinski definition) is 1. The second-order valence-corrected chi connectivity index (χ2v) is 5.22. The third kappa shape index (κ3) is 3.28. The molecule has 0 aliphatic carbocycles. The van der Waals surface area contributed by atoms with Crippen LogP contribution in [0.15, 0.2) is 65.1 Å². The fourth-order valence-electron chi connectivity index (χ4n) is 2.35. The molecule has 4 nitrogen and oxygen atoms in total. The summed E-state index contributed by atoms with van der Waals surface area (Å²) >= 11 is 0. The number of nitrogens with zero attached hydrogens (tertiary/aromatic N) is 1. The highest BCUT2D eigenvalue weighted by atomic mass is 16.3. The van der Waals surface area contributed by atoms with Gasteiger partial charge in [-0.15, -0.1) is 0 Å². The van der Waals surface area contributed by atoms with Gasteiger partial charge in [0.1, 0.15) is 11.3 Å². The van der Waals surface area contributed by atoms with E-state index in [1.807, 2.05) is 72.6 Å². The summed E-state index contributed by atoms with van der Waals surface area (Å²) in [5.74, 6) is 0.726. The Balaban J connectivity index is 1.56. The fourth-order valence-corrected chi connectivity index (χ4v) is 2.35. The monoisotopic (exact) mass is 294 g/mol. The Kier molecular flexibility index (Phi) is 4.10. The van der Waals surface area contributed by atoms with Gasteiger partial charge in [0.15, 0.2) is 0 Å². The van der Waals surface area contributed by atoms with Gasteiger partial charge in [-0.25, -0.2) is 0 Å². The molecule has 0 saturated heterocycles. The molecule has 22 heavy (non-hydrogen) atoms. The summed E-state index contributed by atoms with van der Waals surface area (Å²) in [5.41, 5.74) is 1.86. The van der Waals surface area contributed by atoms with Crippen molar-refractivity contribution in [2.75, 3.05) is 18.5 Å². The van der Waals surface area contributed by atoms with Gasteiger partial charge in [0, 0.05) is 18.1 Å². The lowest BCUT2D eigenvalue weighted by Crippen LogP contribution is -2.34. The van der Waals surface area contributed by atoms with E-state index >= 15 is 0 Å². The lowest BCUT2D eigenvalue weighted by molar-refractivity contribution is -0.119. The van der Waals surface area contributed by atoms with Crippen LogP contribution < -0.4 is 10.2 Å². The molecule has 3 aromatic rings. The highest BCUT2D eigenvalue weighted by molar-refractivity contribution is 5.81. The predicted octanol–water partition coefficient (Wildman–Crippen LogP) is 3.19. The van der Waals surface area contributed by atoms with E-state index in [0.717, 1.165) is 22.4 Å². The average molecular weight is 294 g/mol. The molecule has 0 aliphatic heterocycles. The molecule has 1 N–H and O–H groups in total. The van der Waals surface area contributed by atoms with Gasteiger partial charge in [0.05, 0.1) is 13.1 Å². The first-order valence-corrected chi connectivity index (χ1v) is 7.23. The van der Waals surface area contributed by atoms with E-state index in [-0.39, 0.29) is 5.91 Å². The van der Waals surface area contributed by atoms with Crippen LogP contribution in [-0.4, -0.2) is 19.5 Å². The quantitative estimate of drug-likeness (QED) is 0.786. The van der Waals surface area contributed by atoms with Crippen LogP contribution in [0.1, 0.15) is 5.76 Å². The van der Waals surface area contributed by atoms with Crippen LogP contribution in [0.25, 0.3) is 11.0 Å². The number of benzene rings is 2. The maximum atomic E-state index is 12.0. The molecule has 1 heterocycles. The van der Waals surface area contributed by atoms with Crippen LogP contribution in [-0.2, 0) is 11.3 Å². The van der Waals surface area contributed by atoms with E-state index in [9.17, 15) is 4.79 Å². The zero-order valence-electron chi connectivity index (χ0n) is 12.5. The standard InChI is InChI=1S/C18H18N2O2/c1-20(15-8-3-2-4-9-15)13-18(21)19-12-16-11-14-7-5-6-10-17(14)22-16/h2-11H,12-13H2,1H3,(H,19,21). The Morgan fingerprint density at radius 1 is 1.09 bits per heavy atom. The van der Waals surface area contributed by atoms with Crippen LogP contribution in [0.3, 0.4) is 0 Å².